The molecule has 2 heterocycles. The number of carbonyl (C=O) groups is 1. The van der Waals surface area contributed by atoms with E-state index in [0.29, 0.717) is 24.2 Å². The van der Waals surface area contributed by atoms with Gasteiger partial charge in [0.05, 0.1) is 35.0 Å². The van der Waals surface area contributed by atoms with Gasteiger partial charge in [0.25, 0.3) is 5.91 Å². The van der Waals surface area contributed by atoms with E-state index in [1.807, 2.05) is 13.0 Å². The molecule has 1 unspecified atom stereocenters. The number of nitrogens with one attached hydrogen (secondary N) is 1. The van der Waals surface area contributed by atoms with Crippen molar-refractivity contribution in [1.82, 2.24) is 9.88 Å². The van der Waals surface area contributed by atoms with Crippen LogP contribution in [0.4, 0.5) is 11.4 Å². The van der Waals surface area contributed by atoms with Crippen LogP contribution in [0.5, 0.6) is 0 Å². The Kier molecular flexibility index (Phi) is 5.42. The largest absolute Gasteiger partial charge is 0.354 e. The van der Waals surface area contributed by atoms with Gasteiger partial charge in [-0.2, -0.15) is 5.26 Å². The SMILES string of the molecule is CCN(C(=O)c1ccc(Nc2cccc(C#N)c2)cn1)C1CCS(=O)(=O)C1. The van der Waals surface area contributed by atoms with Crippen molar-refractivity contribution < 1.29 is 13.2 Å². The lowest BCUT2D eigenvalue weighted by Gasteiger charge is -2.26. The zero-order valence-electron chi connectivity index (χ0n) is 14.9. The van der Waals surface area contributed by atoms with E-state index >= 15 is 0 Å². The van der Waals surface area contributed by atoms with Crippen molar-refractivity contribution in [3.8, 4) is 6.07 Å². The van der Waals surface area contributed by atoms with Gasteiger partial charge in [0, 0.05) is 18.3 Å². The van der Waals surface area contributed by atoms with Crippen molar-refractivity contribution in [2.24, 2.45) is 0 Å². The third kappa shape index (κ3) is 4.44. The van der Waals surface area contributed by atoms with E-state index < -0.39 is 9.84 Å². The minimum absolute atomic E-state index is 0.0153. The molecule has 1 aromatic carbocycles. The molecule has 3 rings (SSSR count). The first-order valence-electron chi connectivity index (χ1n) is 8.66. The summed E-state index contributed by atoms with van der Waals surface area (Å²) in [6.07, 6.45) is 2.02. The van der Waals surface area contributed by atoms with Crippen LogP contribution in [-0.2, 0) is 9.84 Å². The number of aromatic nitrogens is 1. The highest BCUT2D eigenvalue weighted by molar-refractivity contribution is 7.91. The molecule has 1 aliphatic heterocycles. The molecule has 0 saturated carbocycles. The molecule has 0 spiro atoms. The summed E-state index contributed by atoms with van der Waals surface area (Å²) < 4.78 is 23.4. The summed E-state index contributed by atoms with van der Waals surface area (Å²) in [5.41, 5.74) is 2.26. The van der Waals surface area contributed by atoms with Gasteiger partial charge in [-0.25, -0.2) is 13.4 Å². The van der Waals surface area contributed by atoms with Crippen LogP contribution in [0, 0.1) is 11.3 Å². The smallest absolute Gasteiger partial charge is 0.272 e. The lowest BCUT2D eigenvalue weighted by molar-refractivity contribution is 0.0702. The first kappa shape index (κ1) is 18.9. The Morgan fingerprint density at radius 3 is 2.74 bits per heavy atom. The normalized spacial score (nSPS) is 17.9. The molecule has 1 atom stereocenters. The fraction of sp³-hybridized carbons (Fsp3) is 0.316. The topological polar surface area (TPSA) is 103 Å². The van der Waals surface area contributed by atoms with Gasteiger partial charge in [-0.1, -0.05) is 6.07 Å². The number of nitriles is 1. The number of hydrogen-bond donors (Lipinski definition) is 1. The number of anilines is 2. The van der Waals surface area contributed by atoms with Crippen LogP contribution in [0.15, 0.2) is 42.6 Å². The van der Waals surface area contributed by atoms with Gasteiger partial charge in [0.1, 0.15) is 5.69 Å². The third-order valence-electron chi connectivity index (χ3n) is 4.51. The Morgan fingerprint density at radius 2 is 2.15 bits per heavy atom. The van der Waals surface area contributed by atoms with E-state index in [4.69, 9.17) is 5.26 Å². The second-order valence-corrected chi connectivity index (χ2v) is 8.63. The Morgan fingerprint density at radius 1 is 1.33 bits per heavy atom. The van der Waals surface area contributed by atoms with Crippen molar-refractivity contribution in [2.75, 3.05) is 23.4 Å². The molecule has 0 aliphatic carbocycles. The van der Waals surface area contributed by atoms with E-state index in [2.05, 4.69) is 16.4 Å². The first-order chi connectivity index (χ1) is 12.9. The second kappa shape index (κ2) is 7.76. The summed E-state index contributed by atoms with van der Waals surface area (Å²) in [6.45, 7) is 2.27. The van der Waals surface area contributed by atoms with E-state index in [1.54, 1.807) is 41.4 Å². The Hall–Kier alpha value is -2.92. The van der Waals surface area contributed by atoms with Crippen LogP contribution in [0.1, 0.15) is 29.4 Å². The first-order valence-corrected chi connectivity index (χ1v) is 10.5. The third-order valence-corrected chi connectivity index (χ3v) is 6.26. The molecule has 1 N–H and O–H groups in total. The maximum atomic E-state index is 12.7. The summed E-state index contributed by atoms with van der Waals surface area (Å²) in [4.78, 5) is 18.5. The average Bonchev–Trinajstić information content (AvgIpc) is 3.02. The van der Waals surface area contributed by atoms with Crippen LogP contribution in [-0.4, -0.2) is 48.3 Å². The molecule has 1 fully saturated rings. The number of carbonyl (C=O) groups excluding carboxylic acids is 1. The molecule has 27 heavy (non-hydrogen) atoms. The Bertz CT molecular complexity index is 981. The van der Waals surface area contributed by atoms with Crippen LogP contribution in [0.3, 0.4) is 0 Å². The minimum Gasteiger partial charge on any atom is -0.354 e. The van der Waals surface area contributed by atoms with Gasteiger partial charge in [-0.15, -0.1) is 0 Å². The molecule has 2 aromatic rings. The standard InChI is InChI=1S/C19H20N4O3S/c1-2-23(17-8-9-27(25,26)13-17)19(24)18-7-6-16(12-21-18)22-15-5-3-4-14(10-15)11-20/h3-7,10,12,17,22H,2,8-9,13H2,1H3. The highest BCUT2D eigenvalue weighted by Gasteiger charge is 2.34. The number of nitrogens with zero attached hydrogens (tertiary/aromatic N) is 3. The molecule has 1 aromatic heterocycles. The van der Waals surface area contributed by atoms with Gasteiger partial charge in [-0.3, -0.25) is 4.79 Å². The van der Waals surface area contributed by atoms with Crippen molar-refractivity contribution in [1.29, 1.82) is 5.26 Å². The highest BCUT2D eigenvalue weighted by Crippen LogP contribution is 2.21. The maximum Gasteiger partial charge on any atom is 0.272 e. The van der Waals surface area contributed by atoms with Crippen LogP contribution >= 0.6 is 0 Å². The summed E-state index contributed by atoms with van der Waals surface area (Å²) in [5.74, 6) is -0.126. The van der Waals surface area contributed by atoms with Crippen LogP contribution < -0.4 is 5.32 Å². The molecule has 1 amide bonds. The van der Waals surface area contributed by atoms with Crippen molar-refractivity contribution in [3.63, 3.8) is 0 Å². The minimum atomic E-state index is -3.06. The summed E-state index contributed by atoms with van der Waals surface area (Å²) in [6, 6.07) is 12.2. The number of sulfone groups is 1. The van der Waals surface area contributed by atoms with E-state index in [-0.39, 0.29) is 29.1 Å². The number of pyridine rings is 1. The lowest BCUT2D eigenvalue weighted by atomic mass is 10.2. The lowest BCUT2D eigenvalue weighted by Crippen LogP contribution is -2.41. The Balaban J connectivity index is 1.72. The second-order valence-electron chi connectivity index (χ2n) is 6.40. The van der Waals surface area contributed by atoms with Crippen LogP contribution in [0.2, 0.25) is 0 Å². The summed E-state index contributed by atoms with van der Waals surface area (Å²) >= 11 is 0. The molecule has 0 radical (unpaired) electrons. The highest BCUT2D eigenvalue weighted by atomic mass is 32.2. The maximum absolute atomic E-state index is 12.7. The van der Waals surface area contributed by atoms with Gasteiger partial charge in [0.15, 0.2) is 9.84 Å². The molecular weight excluding hydrogens is 364 g/mol. The van der Waals surface area contributed by atoms with E-state index in [0.717, 1.165) is 5.69 Å². The number of amides is 1. The fourth-order valence-corrected chi connectivity index (χ4v) is 4.89. The van der Waals surface area contributed by atoms with Crippen molar-refractivity contribution in [3.05, 3.63) is 53.9 Å². The van der Waals surface area contributed by atoms with Crippen LogP contribution in [0.25, 0.3) is 0 Å². The van der Waals surface area contributed by atoms with E-state index in [9.17, 15) is 13.2 Å². The number of hydrogen-bond acceptors (Lipinski definition) is 6. The summed E-state index contributed by atoms with van der Waals surface area (Å²) in [7, 11) is -3.06. The van der Waals surface area contributed by atoms with Gasteiger partial charge in [0.2, 0.25) is 0 Å². The molecule has 7 nitrogen and oxygen atoms in total. The molecule has 0 bridgehead atoms. The summed E-state index contributed by atoms with van der Waals surface area (Å²) in [5, 5.41) is 12.1. The van der Waals surface area contributed by atoms with Gasteiger partial charge >= 0.3 is 0 Å². The number of rotatable bonds is 5. The number of benzene rings is 1. The zero-order chi connectivity index (χ0) is 19.4. The van der Waals surface area contributed by atoms with Gasteiger partial charge < -0.3 is 10.2 Å². The molecular formula is C19H20N4O3S. The average molecular weight is 384 g/mol. The van der Waals surface area contributed by atoms with Gasteiger partial charge in [-0.05, 0) is 43.7 Å². The predicted molar refractivity (Wildman–Crippen MR) is 102 cm³/mol. The molecule has 8 heteroatoms. The van der Waals surface area contributed by atoms with Crippen molar-refractivity contribution in [2.45, 2.75) is 19.4 Å². The predicted octanol–water partition coefficient (Wildman–Crippen LogP) is 2.35. The van der Waals surface area contributed by atoms with E-state index in [1.165, 1.54) is 0 Å². The zero-order valence-corrected chi connectivity index (χ0v) is 15.7. The monoisotopic (exact) mass is 384 g/mol. The quantitative estimate of drug-likeness (QED) is 0.849. The Labute approximate surface area is 158 Å². The molecule has 140 valence electrons. The molecule has 1 saturated heterocycles. The van der Waals surface area contributed by atoms with Crippen molar-refractivity contribution >= 4 is 27.1 Å². The molecule has 1 aliphatic rings. The fourth-order valence-electron chi connectivity index (χ4n) is 3.16.